The molecule has 1 rings (SSSR count). The van der Waals surface area contributed by atoms with Gasteiger partial charge in [0.05, 0.1) is 0 Å². The minimum atomic E-state index is -0.127. The van der Waals surface area contributed by atoms with Crippen molar-refractivity contribution >= 4 is 23.6 Å². The van der Waals surface area contributed by atoms with E-state index in [9.17, 15) is 9.59 Å². The molecule has 0 fully saturated rings. The highest BCUT2D eigenvalue weighted by Crippen LogP contribution is 2.10. The molecule has 2 N–H and O–H groups in total. The van der Waals surface area contributed by atoms with Crippen LogP contribution >= 0.6 is 0 Å². The molecule has 0 saturated heterocycles. The van der Waals surface area contributed by atoms with Gasteiger partial charge in [-0.15, -0.1) is 0 Å². The first-order chi connectivity index (χ1) is 10.1. The summed E-state index contributed by atoms with van der Waals surface area (Å²) in [5, 5.41) is 5.47. The molecule has 5 nitrogen and oxygen atoms in total. The van der Waals surface area contributed by atoms with Gasteiger partial charge in [0.25, 0.3) is 0 Å². The molecule has 1 aromatic rings. The summed E-state index contributed by atoms with van der Waals surface area (Å²) in [6.45, 7) is 5.36. The van der Waals surface area contributed by atoms with Gasteiger partial charge in [0.1, 0.15) is 0 Å². The van der Waals surface area contributed by atoms with E-state index in [0.29, 0.717) is 19.8 Å². The van der Waals surface area contributed by atoms with E-state index in [1.807, 2.05) is 19.1 Å². The number of hydrogen-bond acceptors (Lipinski definition) is 3. The second kappa shape index (κ2) is 9.72. The zero-order valence-electron chi connectivity index (χ0n) is 12.5. The lowest BCUT2D eigenvalue weighted by Crippen LogP contribution is -2.23. The largest absolute Gasteiger partial charge is 0.382 e. The molecule has 0 aliphatic carbocycles. The van der Waals surface area contributed by atoms with Gasteiger partial charge in [-0.1, -0.05) is 12.1 Å². The van der Waals surface area contributed by atoms with Crippen LogP contribution in [0.1, 0.15) is 25.8 Å². The van der Waals surface area contributed by atoms with E-state index in [1.54, 1.807) is 18.2 Å². The molecule has 0 spiro atoms. The average molecular weight is 290 g/mol. The predicted molar refractivity (Wildman–Crippen MR) is 83.9 cm³/mol. The number of carbonyl (C=O) groups is 2. The molecule has 2 amide bonds. The normalized spacial score (nSPS) is 10.6. The average Bonchev–Trinajstić information content (AvgIpc) is 2.46. The SMILES string of the molecule is CCOCCCNC(=O)/C=C/c1ccc(NC(C)=O)cc1. The highest BCUT2D eigenvalue weighted by Gasteiger charge is 1.97. The molecule has 21 heavy (non-hydrogen) atoms. The first-order valence-electron chi connectivity index (χ1n) is 7.03. The van der Waals surface area contributed by atoms with Crippen LogP contribution in [0.2, 0.25) is 0 Å². The topological polar surface area (TPSA) is 67.4 Å². The molecule has 114 valence electrons. The van der Waals surface area contributed by atoms with Crippen LogP contribution < -0.4 is 10.6 Å². The maximum absolute atomic E-state index is 11.6. The van der Waals surface area contributed by atoms with Crippen LogP contribution in [0, 0.1) is 0 Å². The molecule has 0 heterocycles. The van der Waals surface area contributed by atoms with Gasteiger partial charge in [-0.2, -0.15) is 0 Å². The molecule has 0 aliphatic rings. The third-order valence-corrected chi connectivity index (χ3v) is 2.63. The van der Waals surface area contributed by atoms with E-state index < -0.39 is 0 Å². The fourth-order valence-electron chi connectivity index (χ4n) is 1.64. The van der Waals surface area contributed by atoms with Gasteiger partial charge in [0.2, 0.25) is 11.8 Å². The molecule has 0 aromatic heterocycles. The quantitative estimate of drug-likeness (QED) is 0.570. The Morgan fingerprint density at radius 2 is 1.95 bits per heavy atom. The van der Waals surface area contributed by atoms with E-state index >= 15 is 0 Å². The number of anilines is 1. The molecule has 5 heteroatoms. The maximum atomic E-state index is 11.6. The van der Waals surface area contributed by atoms with E-state index in [0.717, 1.165) is 17.7 Å². The Balaban J connectivity index is 2.34. The van der Waals surface area contributed by atoms with E-state index in [1.165, 1.54) is 13.0 Å². The van der Waals surface area contributed by atoms with Gasteiger partial charge in [-0.3, -0.25) is 9.59 Å². The van der Waals surface area contributed by atoms with Crippen LogP contribution in [0.25, 0.3) is 6.08 Å². The van der Waals surface area contributed by atoms with Crippen LogP contribution in [0.4, 0.5) is 5.69 Å². The van der Waals surface area contributed by atoms with Gasteiger partial charge < -0.3 is 15.4 Å². The summed E-state index contributed by atoms with van der Waals surface area (Å²) in [7, 11) is 0. The number of benzene rings is 1. The molecule has 0 unspecified atom stereocenters. The van der Waals surface area contributed by atoms with Crippen LogP contribution in [0.5, 0.6) is 0 Å². The van der Waals surface area contributed by atoms with Crippen LogP contribution in [-0.4, -0.2) is 31.6 Å². The smallest absolute Gasteiger partial charge is 0.244 e. The first-order valence-corrected chi connectivity index (χ1v) is 7.03. The van der Waals surface area contributed by atoms with E-state index in [2.05, 4.69) is 10.6 Å². The molecule has 0 bridgehead atoms. The molecule has 0 radical (unpaired) electrons. The Morgan fingerprint density at radius 1 is 1.24 bits per heavy atom. The Kier molecular flexibility index (Phi) is 7.82. The van der Waals surface area contributed by atoms with E-state index in [-0.39, 0.29) is 11.8 Å². The van der Waals surface area contributed by atoms with Crippen molar-refractivity contribution in [3.05, 3.63) is 35.9 Å². The van der Waals surface area contributed by atoms with Crippen LogP contribution in [0.15, 0.2) is 30.3 Å². The van der Waals surface area contributed by atoms with Crippen molar-refractivity contribution in [1.82, 2.24) is 5.32 Å². The lowest BCUT2D eigenvalue weighted by atomic mass is 10.2. The molecule has 0 atom stereocenters. The number of nitrogens with one attached hydrogen (secondary N) is 2. The minimum Gasteiger partial charge on any atom is -0.382 e. The van der Waals surface area contributed by atoms with Crippen molar-refractivity contribution < 1.29 is 14.3 Å². The van der Waals surface area contributed by atoms with Crippen molar-refractivity contribution in [3.63, 3.8) is 0 Å². The van der Waals surface area contributed by atoms with Crippen molar-refractivity contribution in [2.24, 2.45) is 0 Å². The van der Waals surface area contributed by atoms with Gasteiger partial charge >= 0.3 is 0 Å². The lowest BCUT2D eigenvalue weighted by Gasteiger charge is -2.03. The first kappa shape index (κ1) is 16.9. The zero-order chi connectivity index (χ0) is 15.5. The second-order valence-electron chi connectivity index (χ2n) is 4.48. The zero-order valence-corrected chi connectivity index (χ0v) is 12.5. The summed E-state index contributed by atoms with van der Waals surface area (Å²) in [5.41, 5.74) is 1.63. The van der Waals surface area contributed by atoms with Crippen LogP contribution in [0.3, 0.4) is 0 Å². The molecular formula is C16H22N2O3. The summed E-state index contributed by atoms with van der Waals surface area (Å²) in [6.07, 6.45) is 4.03. The Hall–Kier alpha value is -2.14. The number of carbonyl (C=O) groups excluding carboxylic acids is 2. The summed E-state index contributed by atoms with van der Waals surface area (Å²) in [5.74, 6) is -0.234. The number of amides is 2. The summed E-state index contributed by atoms with van der Waals surface area (Å²) in [4.78, 5) is 22.5. The summed E-state index contributed by atoms with van der Waals surface area (Å²) >= 11 is 0. The monoisotopic (exact) mass is 290 g/mol. The fourth-order valence-corrected chi connectivity index (χ4v) is 1.64. The van der Waals surface area contributed by atoms with Crippen molar-refractivity contribution in [2.75, 3.05) is 25.1 Å². The van der Waals surface area contributed by atoms with Crippen LogP contribution in [-0.2, 0) is 14.3 Å². The van der Waals surface area contributed by atoms with Crippen molar-refractivity contribution in [2.45, 2.75) is 20.3 Å². The summed E-state index contributed by atoms with van der Waals surface area (Å²) < 4.78 is 5.18. The lowest BCUT2D eigenvalue weighted by molar-refractivity contribution is -0.116. The Bertz CT molecular complexity index is 481. The number of hydrogen-bond donors (Lipinski definition) is 2. The fraction of sp³-hybridized carbons (Fsp3) is 0.375. The Labute approximate surface area is 125 Å². The Morgan fingerprint density at radius 3 is 2.57 bits per heavy atom. The molecule has 1 aromatic carbocycles. The van der Waals surface area contributed by atoms with E-state index in [4.69, 9.17) is 4.74 Å². The summed E-state index contributed by atoms with van der Waals surface area (Å²) in [6, 6.07) is 7.26. The van der Waals surface area contributed by atoms with Crippen molar-refractivity contribution in [1.29, 1.82) is 0 Å². The molecule has 0 aliphatic heterocycles. The third-order valence-electron chi connectivity index (χ3n) is 2.63. The number of rotatable bonds is 8. The van der Waals surface area contributed by atoms with Crippen molar-refractivity contribution in [3.8, 4) is 0 Å². The second-order valence-corrected chi connectivity index (χ2v) is 4.48. The van der Waals surface area contributed by atoms with Gasteiger partial charge in [0, 0.05) is 38.4 Å². The number of ether oxygens (including phenoxy) is 1. The van der Waals surface area contributed by atoms with Gasteiger partial charge in [0.15, 0.2) is 0 Å². The maximum Gasteiger partial charge on any atom is 0.244 e. The minimum absolute atomic E-state index is 0.107. The molecule has 0 saturated carbocycles. The highest BCUT2D eigenvalue weighted by atomic mass is 16.5. The highest BCUT2D eigenvalue weighted by molar-refractivity contribution is 5.92. The third kappa shape index (κ3) is 7.89. The van der Waals surface area contributed by atoms with Gasteiger partial charge in [-0.05, 0) is 37.1 Å². The predicted octanol–water partition coefficient (Wildman–Crippen LogP) is 2.20. The van der Waals surface area contributed by atoms with Gasteiger partial charge in [-0.25, -0.2) is 0 Å². The standard InChI is InChI=1S/C16H22N2O3/c1-3-21-12-4-11-17-16(20)10-7-14-5-8-15(9-6-14)18-13(2)19/h5-10H,3-4,11-12H2,1-2H3,(H,17,20)(H,18,19)/b10-7+. The molecular weight excluding hydrogens is 268 g/mol.